The Labute approximate surface area is 152 Å². The van der Waals surface area contributed by atoms with Crippen LogP contribution in [-0.4, -0.2) is 24.2 Å². The minimum Gasteiger partial charge on any atom is -0.490 e. The van der Waals surface area contributed by atoms with Crippen molar-refractivity contribution in [3.8, 4) is 5.75 Å². The van der Waals surface area contributed by atoms with Gasteiger partial charge in [0.2, 0.25) is 0 Å². The molecule has 1 aromatic heterocycles. The zero-order valence-corrected chi connectivity index (χ0v) is 15.1. The first kappa shape index (κ1) is 19.0. The van der Waals surface area contributed by atoms with Crippen LogP contribution in [0.4, 0.5) is 13.2 Å². The van der Waals surface area contributed by atoms with Crippen LogP contribution in [0.25, 0.3) is 10.9 Å². The lowest BCUT2D eigenvalue weighted by Crippen LogP contribution is -2.37. The Bertz CT molecular complexity index is 735. The fourth-order valence-corrected chi connectivity index (χ4v) is 3.95. The standard InChI is InChI=1S/C20H25F3N2O/c1-3-16(24-2)13-8-10-14(11-9-13)26-18-12-19(20(21,22)23)25-17-7-5-4-6-15(17)18/h4-7,12-14,16,24H,3,8-11H2,1-2H3. The van der Waals surface area contributed by atoms with Gasteiger partial charge in [-0.15, -0.1) is 0 Å². The van der Waals surface area contributed by atoms with Crippen LogP contribution >= 0.6 is 0 Å². The minimum absolute atomic E-state index is 0.0486. The summed E-state index contributed by atoms with van der Waals surface area (Å²) in [7, 11) is 1.98. The van der Waals surface area contributed by atoms with Gasteiger partial charge in [0.05, 0.1) is 11.6 Å². The van der Waals surface area contributed by atoms with Crippen molar-refractivity contribution in [2.24, 2.45) is 5.92 Å². The zero-order chi connectivity index (χ0) is 18.7. The predicted molar refractivity (Wildman–Crippen MR) is 96.3 cm³/mol. The predicted octanol–water partition coefficient (Wildman–Crippen LogP) is 5.19. The van der Waals surface area contributed by atoms with Crippen molar-refractivity contribution in [2.75, 3.05) is 7.05 Å². The number of pyridine rings is 1. The van der Waals surface area contributed by atoms with Crippen LogP contribution in [0.15, 0.2) is 30.3 Å². The van der Waals surface area contributed by atoms with Crippen molar-refractivity contribution >= 4 is 10.9 Å². The molecule has 1 aliphatic rings. The first-order valence-electron chi connectivity index (χ1n) is 9.23. The van der Waals surface area contributed by atoms with E-state index in [0.717, 1.165) is 38.2 Å². The quantitative estimate of drug-likeness (QED) is 0.791. The van der Waals surface area contributed by atoms with Gasteiger partial charge < -0.3 is 10.1 Å². The molecule has 1 saturated carbocycles. The highest BCUT2D eigenvalue weighted by Crippen LogP contribution is 2.36. The summed E-state index contributed by atoms with van der Waals surface area (Å²) in [6.45, 7) is 2.17. The highest BCUT2D eigenvalue weighted by Gasteiger charge is 2.34. The average Bonchev–Trinajstić information content (AvgIpc) is 2.63. The Morgan fingerprint density at radius 2 is 1.88 bits per heavy atom. The number of aromatic nitrogens is 1. The van der Waals surface area contributed by atoms with Gasteiger partial charge in [0.25, 0.3) is 0 Å². The molecular formula is C20H25F3N2O. The molecule has 1 heterocycles. The Morgan fingerprint density at radius 3 is 2.50 bits per heavy atom. The average molecular weight is 366 g/mol. The molecule has 142 valence electrons. The smallest absolute Gasteiger partial charge is 0.433 e. The Hall–Kier alpha value is -1.82. The molecular weight excluding hydrogens is 341 g/mol. The van der Waals surface area contributed by atoms with Gasteiger partial charge in [-0.3, -0.25) is 0 Å². The second-order valence-electron chi connectivity index (χ2n) is 6.98. The maximum Gasteiger partial charge on any atom is 0.433 e. The van der Waals surface area contributed by atoms with Crippen molar-refractivity contribution in [3.05, 3.63) is 36.0 Å². The molecule has 0 radical (unpaired) electrons. The zero-order valence-electron chi connectivity index (χ0n) is 15.1. The fourth-order valence-electron chi connectivity index (χ4n) is 3.95. The molecule has 1 fully saturated rings. The molecule has 6 heteroatoms. The summed E-state index contributed by atoms with van der Waals surface area (Å²) in [5.41, 5.74) is -0.589. The van der Waals surface area contributed by atoms with E-state index in [1.807, 2.05) is 7.05 Å². The topological polar surface area (TPSA) is 34.1 Å². The van der Waals surface area contributed by atoms with Crippen LogP contribution < -0.4 is 10.1 Å². The molecule has 0 amide bonds. The number of nitrogens with zero attached hydrogens (tertiary/aromatic N) is 1. The molecule has 3 nitrogen and oxygen atoms in total. The number of benzene rings is 1. The summed E-state index contributed by atoms with van der Waals surface area (Å²) in [6, 6.07) is 8.36. The number of hydrogen-bond acceptors (Lipinski definition) is 3. The van der Waals surface area contributed by atoms with Crippen LogP contribution in [0.2, 0.25) is 0 Å². The molecule has 0 saturated heterocycles. The molecule has 1 aromatic carbocycles. The molecule has 0 aliphatic heterocycles. The highest BCUT2D eigenvalue weighted by molar-refractivity contribution is 5.85. The largest absolute Gasteiger partial charge is 0.490 e. The van der Waals surface area contributed by atoms with Crippen LogP contribution in [0.3, 0.4) is 0 Å². The van der Waals surface area contributed by atoms with Crippen molar-refractivity contribution in [3.63, 3.8) is 0 Å². The summed E-state index contributed by atoms with van der Waals surface area (Å²) in [4.78, 5) is 3.74. The number of alkyl halides is 3. The van der Waals surface area contributed by atoms with Crippen molar-refractivity contribution in [1.29, 1.82) is 0 Å². The lowest BCUT2D eigenvalue weighted by molar-refractivity contribution is -0.141. The molecule has 0 spiro atoms. The van der Waals surface area contributed by atoms with E-state index in [4.69, 9.17) is 4.74 Å². The Morgan fingerprint density at radius 1 is 1.19 bits per heavy atom. The van der Waals surface area contributed by atoms with E-state index in [2.05, 4.69) is 17.2 Å². The van der Waals surface area contributed by atoms with E-state index in [-0.39, 0.29) is 11.9 Å². The third-order valence-electron chi connectivity index (χ3n) is 5.36. The number of rotatable bonds is 5. The Kier molecular flexibility index (Phi) is 5.70. The number of para-hydroxylation sites is 1. The molecule has 1 unspecified atom stereocenters. The lowest BCUT2D eigenvalue weighted by atomic mass is 9.81. The van der Waals surface area contributed by atoms with Gasteiger partial charge in [0.1, 0.15) is 11.4 Å². The van der Waals surface area contributed by atoms with Crippen molar-refractivity contribution in [1.82, 2.24) is 10.3 Å². The molecule has 1 atom stereocenters. The van der Waals surface area contributed by atoms with E-state index in [1.54, 1.807) is 24.3 Å². The lowest BCUT2D eigenvalue weighted by Gasteiger charge is -2.33. The van der Waals surface area contributed by atoms with E-state index in [9.17, 15) is 13.2 Å². The van der Waals surface area contributed by atoms with E-state index < -0.39 is 11.9 Å². The molecule has 1 aliphatic carbocycles. The fraction of sp³-hybridized carbons (Fsp3) is 0.550. The van der Waals surface area contributed by atoms with Crippen molar-refractivity contribution in [2.45, 2.75) is 57.3 Å². The minimum atomic E-state index is -4.49. The highest BCUT2D eigenvalue weighted by atomic mass is 19.4. The van der Waals surface area contributed by atoms with Gasteiger partial charge in [-0.2, -0.15) is 13.2 Å². The van der Waals surface area contributed by atoms with Crippen molar-refractivity contribution < 1.29 is 17.9 Å². The van der Waals surface area contributed by atoms with E-state index >= 15 is 0 Å². The summed E-state index contributed by atoms with van der Waals surface area (Å²) in [5.74, 6) is 0.886. The molecule has 2 aromatic rings. The number of hydrogen-bond donors (Lipinski definition) is 1. The van der Waals surface area contributed by atoms with Crippen LogP contribution in [0.1, 0.15) is 44.7 Å². The maximum absolute atomic E-state index is 13.2. The number of ether oxygens (including phenoxy) is 1. The number of nitrogens with one attached hydrogen (secondary N) is 1. The van der Waals surface area contributed by atoms with Gasteiger partial charge in [-0.25, -0.2) is 4.98 Å². The van der Waals surface area contributed by atoms with Gasteiger partial charge in [0.15, 0.2) is 0 Å². The summed E-state index contributed by atoms with van der Waals surface area (Å²) in [6.07, 6.45) is 0.324. The third-order valence-corrected chi connectivity index (χ3v) is 5.36. The number of fused-ring (bicyclic) bond motifs is 1. The monoisotopic (exact) mass is 366 g/mol. The van der Waals surface area contributed by atoms with Crippen LogP contribution in [0.5, 0.6) is 5.75 Å². The van der Waals surface area contributed by atoms with Gasteiger partial charge in [-0.1, -0.05) is 19.1 Å². The molecule has 26 heavy (non-hydrogen) atoms. The first-order chi connectivity index (χ1) is 12.4. The SMILES string of the molecule is CCC(NC)C1CCC(Oc2cc(C(F)(F)F)nc3ccccc23)CC1. The van der Waals surface area contributed by atoms with Gasteiger partial charge in [0, 0.05) is 17.5 Å². The number of halogens is 3. The van der Waals surface area contributed by atoms with Crippen LogP contribution in [-0.2, 0) is 6.18 Å². The summed E-state index contributed by atoms with van der Waals surface area (Å²) < 4.78 is 45.5. The molecule has 1 N–H and O–H groups in total. The van der Waals surface area contributed by atoms with Gasteiger partial charge >= 0.3 is 6.18 Å². The normalized spacial score (nSPS) is 22.3. The molecule has 0 bridgehead atoms. The Balaban J connectivity index is 1.79. The van der Waals surface area contributed by atoms with E-state index in [0.29, 0.717) is 22.9 Å². The summed E-state index contributed by atoms with van der Waals surface area (Å²) >= 11 is 0. The maximum atomic E-state index is 13.2. The third kappa shape index (κ3) is 4.11. The first-order valence-corrected chi connectivity index (χ1v) is 9.23. The van der Waals surface area contributed by atoms with E-state index in [1.165, 1.54) is 0 Å². The molecule has 3 rings (SSSR count). The second kappa shape index (κ2) is 7.82. The van der Waals surface area contributed by atoms with Crippen LogP contribution in [0, 0.1) is 5.92 Å². The summed E-state index contributed by atoms with van der Waals surface area (Å²) in [5, 5.41) is 3.99. The van der Waals surface area contributed by atoms with Gasteiger partial charge in [-0.05, 0) is 57.2 Å². The second-order valence-corrected chi connectivity index (χ2v) is 6.98.